The molecule has 0 saturated heterocycles. The van der Waals surface area contributed by atoms with E-state index in [4.69, 9.17) is 4.74 Å². The fourth-order valence-electron chi connectivity index (χ4n) is 2.84. The maximum absolute atomic E-state index is 12.7. The Bertz CT molecular complexity index is 1070. The van der Waals surface area contributed by atoms with Gasteiger partial charge in [0, 0.05) is 11.8 Å². The number of hydrogen-bond acceptors (Lipinski definition) is 4. The number of carbonyl (C=O) groups excluding carboxylic acids is 1. The molecule has 2 heterocycles. The molecule has 2 aromatic carbocycles. The molecule has 0 atom stereocenters. The number of rotatable bonds is 5. The van der Waals surface area contributed by atoms with Gasteiger partial charge in [0.1, 0.15) is 11.6 Å². The van der Waals surface area contributed by atoms with E-state index in [2.05, 4.69) is 15.4 Å². The molecular formula is C22H18N4O2. The molecule has 4 aromatic rings. The Kier molecular flexibility index (Phi) is 4.84. The van der Waals surface area contributed by atoms with Crippen LogP contribution in [0, 0.1) is 0 Å². The Morgan fingerprint density at radius 1 is 0.964 bits per heavy atom. The number of nitrogens with one attached hydrogen (secondary N) is 1. The number of amides is 1. The Morgan fingerprint density at radius 2 is 1.71 bits per heavy atom. The zero-order valence-electron chi connectivity index (χ0n) is 15.2. The number of para-hydroxylation sites is 1. The van der Waals surface area contributed by atoms with Gasteiger partial charge in [-0.05, 0) is 54.6 Å². The van der Waals surface area contributed by atoms with Crippen LogP contribution >= 0.6 is 0 Å². The average molecular weight is 370 g/mol. The Labute approximate surface area is 162 Å². The number of methoxy groups -OCH3 is 1. The summed E-state index contributed by atoms with van der Waals surface area (Å²) in [6.45, 7) is 0. The third-order valence-electron chi connectivity index (χ3n) is 4.24. The van der Waals surface area contributed by atoms with Crippen molar-refractivity contribution in [2.24, 2.45) is 0 Å². The first-order chi connectivity index (χ1) is 13.7. The van der Waals surface area contributed by atoms with Crippen LogP contribution in [0.4, 0.5) is 5.82 Å². The molecule has 28 heavy (non-hydrogen) atoms. The second kappa shape index (κ2) is 7.75. The van der Waals surface area contributed by atoms with E-state index in [0.29, 0.717) is 11.5 Å². The third-order valence-corrected chi connectivity index (χ3v) is 4.24. The van der Waals surface area contributed by atoms with Gasteiger partial charge < -0.3 is 10.1 Å². The fourth-order valence-corrected chi connectivity index (χ4v) is 2.84. The molecule has 0 aliphatic heterocycles. The first kappa shape index (κ1) is 17.5. The molecule has 1 N–H and O–H groups in total. The van der Waals surface area contributed by atoms with Crippen LogP contribution in [0.25, 0.3) is 16.9 Å². The smallest absolute Gasteiger partial charge is 0.277 e. The lowest BCUT2D eigenvalue weighted by molar-refractivity contribution is 0.102. The molecule has 0 bridgehead atoms. The van der Waals surface area contributed by atoms with Crippen molar-refractivity contribution in [3.8, 4) is 22.7 Å². The highest BCUT2D eigenvalue weighted by Crippen LogP contribution is 2.26. The van der Waals surface area contributed by atoms with Crippen LogP contribution in [0.1, 0.15) is 10.5 Å². The highest BCUT2D eigenvalue weighted by Gasteiger charge is 2.17. The van der Waals surface area contributed by atoms with Crippen molar-refractivity contribution in [3.05, 3.63) is 90.8 Å². The largest absolute Gasteiger partial charge is 0.497 e. The Morgan fingerprint density at radius 3 is 2.39 bits per heavy atom. The monoisotopic (exact) mass is 370 g/mol. The maximum Gasteiger partial charge on any atom is 0.277 e. The van der Waals surface area contributed by atoms with Gasteiger partial charge in [0.05, 0.1) is 18.5 Å². The molecule has 0 aliphatic rings. The summed E-state index contributed by atoms with van der Waals surface area (Å²) in [6, 6.07) is 24.4. The number of benzene rings is 2. The van der Waals surface area contributed by atoms with Crippen LogP contribution < -0.4 is 10.1 Å². The molecular weight excluding hydrogens is 352 g/mol. The molecule has 0 aliphatic carbocycles. The number of anilines is 1. The lowest BCUT2D eigenvalue weighted by Crippen LogP contribution is -2.14. The van der Waals surface area contributed by atoms with E-state index in [-0.39, 0.29) is 5.91 Å². The van der Waals surface area contributed by atoms with Gasteiger partial charge in [0.15, 0.2) is 5.69 Å². The zero-order valence-corrected chi connectivity index (χ0v) is 15.2. The topological polar surface area (TPSA) is 69.0 Å². The number of aromatic nitrogens is 3. The normalized spacial score (nSPS) is 10.5. The summed E-state index contributed by atoms with van der Waals surface area (Å²) in [5.74, 6) is 0.929. The molecule has 6 nitrogen and oxygen atoms in total. The van der Waals surface area contributed by atoms with Gasteiger partial charge in [-0.15, -0.1) is 0 Å². The molecule has 4 rings (SSSR count). The van der Waals surface area contributed by atoms with E-state index in [1.54, 1.807) is 36.2 Å². The Balaban J connectivity index is 1.74. The van der Waals surface area contributed by atoms with Gasteiger partial charge in [-0.1, -0.05) is 24.3 Å². The lowest BCUT2D eigenvalue weighted by atomic mass is 10.1. The average Bonchev–Trinajstić information content (AvgIpc) is 3.21. The van der Waals surface area contributed by atoms with E-state index < -0.39 is 0 Å². The number of nitrogens with zero attached hydrogens (tertiary/aromatic N) is 3. The van der Waals surface area contributed by atoms with Crippen molar-refractivity contribution in [1.82, 2.24) is 14.8 Å². The van der Waals surface area contributed by atoms with Crippen LogP contribution in [0.2, 0.25) is 0 Å². The highest BCUT2D eigenvalue weighted by atomic mass is 16.5. The van der Waals surface area contributed by atoms with Gasteiger partial charge in [-0.25, -0.2) is 9.67 Å². The number of ether oxygens (including phenoxy) is 1. The maximum atomic E-state index is 12.7. The molecule has 0 spiro atoms. The van der Waals surface area contributed by atoms with Gasteiger partial charge in [0.25, 0.3) is 5.91 Å². The summed E-state index contributed by atoms with van der Waals surface area (Å²) in [5.41, 5.74) is 2.90. The molecule has 2 aromatic heterocycles. The van der Waals surface area contributed by atoms with Crippen LogP contribution in [0.3, 0.4) is 0 Å². The first-order valence-electron chi connectivity index (χ1n) is 8.77. The molecule has 0 fully saturated rings. The summed E-state index contributed by atoms with van der Waals surface area (Å²) in [7, 11) is 1.63. The summed E-state index contributed by atoms with van der Waals surface area (Å²) in [4.78, 5) is 16.8. The minimum atomic E-state index is -0.317. The fraction of sp³-hybridized carbons (Fsp3) is 0.0455. The quantitative estimate of drug-likeness (QED) is 0.572. The van der Waals surface area contributed by atoms with E-state index in [1.165, 1.54) is 0 Å². The van der Waals surface area contributed by atoms with Crippen molar-refractivity contribution in [2.45, 2.75) is 0 Å². The van der Waals surface area contributed by atoms with Gasteiger partial charge in [0.2, 0.25) is 0 Å². The van der Waals surface area contributed by atoms with E-state index in [1.807, 2.05) is 60.7 Å². The van der Waals surface area contributed by atoms with Gasteiger partial charge in [-0.3, -0.25) is 4.79 Å². The molecule has 1 amide bonds. The van der Waals surface area contributed by atoms with E-state index in [0.717, 1.165) is 22.7 Å². The lowest BCUT2D eigenvalue weighted by Gasteiger charge is -2.08. The number of hydrogen-bond donors (Lipinski definition) is 1. The number of carbonyl (C=O) groups is 1. The minimum Gasteiger partial charge on any atom is -0.497 e. The molecule has 6 heteroatoms. The van der Waals surface area contributed by atoms with E-state index in [9.17, 15) is 4.79 Å². The molecule has 0 unspecified atom stereocenters. The van der Waals surface area contributed by atoms with E-state index >= 15 is 0 Å². The van der Waals surface area contributed by atoms with Crippen LogP contribution in [0.5, 0.6) is 5.75 Å². The summed E-state index contributed by atoms with van der Waals surface area (Å²) in [6.07, 6.45) is 1.63. The van der Waals surface area contributed by atoms with Crippen LogP contribution in [-0.4, -0.2) is 27.8 Å². The van der Waals surface area contributed by atoms with Gasteiger partial charge in [-0.2, -0.15) is 5.10 Å². The summed E-state index contributed by atoms with van der Waals surface area (Å²) >= 11 is 0. The SMILES string of the molecule is COc1ccc(-c2cc(C(=O)Nc3ccccn3)nn2-c2ccccc2)cc1. The van der Waals surface area contributed by atoms with Crippen molar-refractivity contribution >= 4 is 11.7 Å². The van der Waals surface area contributed by atoms with Crippen LogP contribution in [0.15, 0.2) is 85.1 Å². The predicted molar refractivity (Wildman–Crippen MR) is 108 cm³/mol. The number of pyridine rings is 1. The van der Waals surface area contributed by atoms with Crippen molar-refractivity contribution < 1.29 is 9.53 Å². The Hall–Kier alpha value is -3.93. The van der Waals surface area contributed by atoms with Crippen molar-refractivity contribution in [1.29, 1.82) is 0 Å². The minimum absolute atomic E-state index is 0.306. The third kappa shape index (κ3) is 3.61. The standard InChI is InChI=1S/C22H18N4O2/c1-28-18-12-10-16(11-13-18)20-15-19(22(27)24-21-9-5-6-14-23-21)25-26(20)17-7-3-2-4-8-17/h2-15H,1H3,(H,23,24,27). The highest BCUT2D eigenvalue weighted by molar-refractivity contribution is 6.03. The zero-order chi connectivity index (χ0) is 19.3. The molecule has 0 radical (unpaired) electrons. The van der Waals surface area contributed by atoms with Crippen molar-refractivity contribution in [2.75, 3.05) is 12.4 Å². The summed E-state index contributed by atoms with van der Waals surface area (Å²) < 4.78 is 7.00. The summed E-state index contributed by atoms with van der Waals surface area (Å²) in [5, 5.41) is 7.32. The predicted octanol–water partition coefficient (Wildman–Crippen LogP) is 4.20. The van der Waals surface area contributed by atoms with Gasteiger partial charge >= 0.3 is 0 Å². The second-order valence-corrected chi connectivity index (χ2v) is 6.06. The van der Waals surface area contributed by atoms with Crippen molar-refractivity contribution in [3.63, 3.8) is 0 Å². The first-order valence-corrected chi connectivity index (χ1v) is 8.77. The molecule has 0 saturated carbocycles. The van der Waals surface area contributed by atoms with Crippen LogP contribution in [-0.2, 0) is 0 Å². The second-order valence-electron chi connectivity index (χ2n) is 6.06. The molecule has 138 valence electrons.